The maximum absolute atomic E-state index is 15.0. The van der Waals surface area contributed by atoms with Gasteiger partial charge in [0.2, 0.25) is 11.8 Å². The second-order valence-corrected chi connectivity index (χ2v) is 18.5. The predicted molar refractivity (Wildman–Crippen MR) is 216 cm³/mol. The molecule has 12 rings (SSSR count). The van der Waals surface area contributed by atoms with Gasteiger partial charge in [0.15, 0.2) is 5.82 Å². The second-order valence-electron chi connectivity index (χ2n) is 18.5. The Morgan fingerprint density at radius 2 is 1.65 bits per heavy atom. The Kier molecular flexibility index (Phi) is 7.80. The number of aryl methyl sites for hydroxylation is 1. The molecule has 0 unspecified atom stereocenters. The molecule has 5 heterocycles. The summed E-state index contributed by atoms with van der Waals surface area (Å²) in [5.41, 5.74) is 5.38. The van der Waals surface area contributed by atoms with Crippen LogP contribution < -0.4 is 15.5 Å². The largest absolute Gasteiger partial charge is 0.355 e. The number of rotatable bonds is 8. The monoisotopic (exact) mass is 770 g/mol. The molecule has 296 valence electrons. The van der Waals surface area contributed by atoms with Crippen LogP contribution in [0.25, 0.3) is 22.3 Å². The minimum Gasteiger partial charge on any atom is -0.355 e. The number of halogens is 1. The van der Waals surface area contributed by atoms with Gasteiger partial charge in [-0.2, -0.15) is 0 Å². The Bertz CT molecular complexity index is 2330. The molecule has 57 heavy (non-hydrogen) atoms. The van der Waals surface area contributed by atoms with Crippen LogP contribution in [-0.2, 0) is 15.0 Å². The molecule has 5 saturated carbocycles. The summed E-state index contributed by atoms with van der Waals surface area (Å²) in [6, 6.07) is 15.3. The molecule has 11 nitrogen and oxygen atoms in total. The predicted octanol–water partition coefficient (Wildman–Crippen LogP) is 6.96. The van der Waals surface area contributed by atoms with Crippen molar-refractivity contribution in [3.8, 4) is 11.3 Å². The Hall–Kier alpha value is -4.84. The summed E-state index contributed by atoms with van der Waals surface area (Å²) in [6.07, 6.45) is 12.1. The molecule has 2 N–H and O–H groups in total. The molecular weight excluding hydrogens is 720 g/mol. The van der Waals surface area contributed by atoms with Gasteiger partial charge in [-0.15, -0.1) is 0 Å². The number of hydrogen-bond donors (Lipinski definition) is 2. The van der Waals surface area contributed by atoms with Gasteiger partial charge in [0.1, 0.15) is 11.2 Å². The number of carbonyl (C=O) groups excluding carboxylic acids is 3. The number of benzene rings is 2. The van der Waals surface area contributed by atoms with E-state index >= 15 is 4.79 Å². The molecule has 12 heteroatoms. The lowest BCUT2D eigenvalue weighted by Crippen LogP contribution is -2.71. The van der Waals surface area contributed by atoms with Crippen molar-refractivity contribution in [1.29, 1.82) is 0 Å². The van der Waals surface area contributed by atoms with E-state index in [9.17, 15) is 14.0 Å². The number of likely N-dealkylation sites (tertiary alicyclic amines) is 2. The molecule has 1 spiro atoms. The van der Waals surface area contributed by atoms with E-state index in [2.05, 4.69) is 49.3 Å². The van der Waals surface area contributed by atoms with Crippen LogP contribution in [0.4, 0.5) is 21.6 Å². The van der Waals surface area contributed by atoms with Crippen LogP contribution in [0, 0.1) is 12.3 Å². The number of imidazole rings is 1. The topological polar surface area (TPSA) is 116 Å². The van der Waals surface area contributed by atoms with Gasteiger partial charge in [0, 0.05) is 60.8 Å². The van der Waals surface area contributed by atoms with Crippen LogP contribution in [0.15, 0.2) is 48.8 Å². The molecule has 0 atom stereocenters. The Balaban J connectivity index is 0.948. The van der Waals surface area contributed by atoms with E-state index in [1.807, 2.05) is 36.4 Å². The number of pyridine rings is 1. The first kappa shape index (κ1) is 35.3. The minimum absolute atomic E-state index is 0.0867. The molecule has 2 aromatic carbocycles. The zero-order chi connectivity index (χ0) is 38.8. The van der Waals surface area contributed by atoms with E-state index in [4.69, 9.17) is 9.97 Å². The number of amides is 3. The third kappa shape index (κ3) is 5.41. The van der Waals surface area contributed by atoms with Crippen LogP contribution in [0.1, 0.15) is 105 Å². The van der Waals surface area contributed by atoms with E-state index in [0.29, 0.717) is 68.7 Å². The standard InChI is InChI=1S/C45H51FN8O3/c1-27-6-8-29(19-33(27)40(55)47-2)49-39-38-36(48-26-53(38)30-9-10-30)22-35(50-39)28-7-11-34-37(18-28)54(32-20-31(21-32)51-14-4-3-5-15-51)42(57)45(34)12-16-52(17-13-45)41(56)43-23-44(46,24-43)25-43/h6-8,11,18-19,22,26,30-32H,3-5,9-10,12-17,20-21,23-25H2,1-2H3,(H,47,55)(H,49,50). The molecule has 8 aliphatic rings. The number of carbonyl (C=O) groups is 3. The third-order valence-corrected chi connectivity index (χ3v) is 14.8. The molecule has 2 aromatic heterocycles. The average Bonchev–Trinajstić information content (AvgIpc) is 3.90. The number of hydrogen-bond acceptors (Lipinski definition) is 7. The molecule has 3 aliphatic heterocycles. The summed E-state index contributed by atoms with van der Waals surface area (Å²) in [5, 5.41) is 6.31. The lowest BCUT2D eigenvalue weighted by molar-refractivity contribution is -0.222. The summed E-state index contributed by atoms with van der Waals surface area (Å²) in [7, 11) is 1.64. The van der Waals surface area contributed by atoms with Gasteiger partial charge in [-0.05, 0) is 126 Å². The maximum atomic E-state index is 15.0. The van der Waals surface area contributed by atoms with Gasteiger partial charge in [-0.3, -0.25) is 14.4 Å². The quantitative estimate of drug-likeness (QED) is 0.199. The highest BCUT2D eigenvalue weighted by Crippen LogP contribution is 2.70. The maximum Gasteiger partial charge on any atom is 0.251 e. The number of piperidine rings is 2. The van der Waals surface area contributed by atoms with Gasteiger partial charge >= 0.3 is 0 Å². The van der Waals surface area contributed by atoms with E-state index in [0.717, 1.165) is 83.6 Å². The van der Waals surface area contributed by atoms with Crippen molar-refractivity contribution in [3.63, 3.8) is 0 Å². The van der Waals surface area contributed by atoms with Crippen molar-refractivity contribution in [1.82, 2.24) is 29.7 Å². The van der Waals surface area contributed by atoms with Gasteiger partial charge in [-0.25, -0.2) is 14.4 Å². The number of nitrogens with zero attached hydrogens (tertiary/aromatic N) is 6. The molecule has 5 aliphatic carbocycles. The lowest BCUT2D eigenvalue weighted by Gasteiger charge is -2.65. The van der Waals surface area contributed by atoms with Crippen molar-refractivity contribution >= 4 is 45.9 Å². The molecule has 4 aromatic rings. The van der Waals surface area contributed by atoms with E-state index in [1.165, 1.54) is 19.3 Å². The van der Waals surface area contributed by atoms with E-state index in [-0.39, 0.29) is 23.8 Å². The Morgan fingerprint density at radius 3 is 2.35 bits per heavy atom. The van der Waals surface area contributed by atoms with E-state index < -0.39 is 16.5 Å². The zero-order valence-electron chi connectivity index (χ0n) is 33.0. The van der Waals surface area contributed by atoms with Gasteiger partial charge in [0.05, 0.1) is 28.4 Å². The number of nitrogens with one attached hydrogen (secondary N) is 2. The Morgan fingerprint density at radius 1 is 0.895 bits per heavy atom. The first-order chi connectivity index (χ1) is 27.6. The third-order valence-electron chi connectivity index (χ3n) is 14.8. The van der Waals surface area contributed by atoms with Crippen molar-refractivity contribution in [3.05, 3.63) is 65.5 Å². The number of anilines is 3. The second kappa shape index (κ2) is 12.6. The van der Waals surface area contributed by atoms with Gasteiger partial charge < -0.3 is 29.9 Å². The molecule has 0 radical (unpaired) electrons. The fraction of sp³-hybridized carbons (Fsp3) is 0.533. The SMILES string of the molecule is CNC(=O)c1cc(Nc2nc(-c3ccc4c(c3)N(C3CC(N5CCCCC5)C3)C(=O)C43CCN(C(=O)C45CC(F)(C4)C5)CC3)cc3ncn(C4CC4)c23)ccc1C. The molecule has 3 amide bonds. The number of aromatic nitrogens is 3. The molecular formula is C45H51FN8O3. The van der Waals surface area contributed by atoms with Crippen LogP contribution in [0.2, 0.25) is 0 Å². The summed E-state index contributed by atoms with van der Waals surface area (Å²) < 4.78 is 16.6. The molecule has 7 fully saturated rings. The highest BCUT2D eigenvalue weighted by Gasteiger charge is 2.73. The zero-order valence-corrected chi connectivity index (χ0v) is 33.0. The van der Waals surface area contributed by atoms with Crippen LogP contribution in [0.3, 0.4) is 0 Å². The lowest BCUT2D eigenvalue weighted by atomic mass is 9.42. The summed E-state index contributed by atoms with van der Waals surface area (Å²) >= 11 is 0. The highest BCUT2D eigenvalue weighted by atomic mass is 19.1. The summed E-state index contributed by atoms with van der Waals surface area (Å²) in [5.74, 6) is 0.781. The van der Waals surface area contributed by atoms with Crippen LogP contribution >= 0.6 is 0 Å². The fourth-order valence-electron chi connectivity index (χ4n) is 11.4. The van der Waals surface area contributed by atoms with Crippen molar-refractivity contribution in [2.75, 3.05) is 43.4 Å². The highest BCUT2D eigenvalue weighted by molar-refractivity contribution is 6.09. The fourth-order valence-corrected chi connectivity index (χ4v) is 11.4. The normalized spacial score (nSPS) is 28.8. The Labute approximate surface area is 332 Å². The van der Waals surface area contributed by atoms with Crippen molar-refractivity contribution in [2.24, 2.45) is 5.41 Å². The average molecular weight is 771 g/mol. The smallest absolute Gasteiger partial charge is 0.251 e. The van der Waals surface area contributed by atoms with Gasteiger partial charge in [-0.1, -0.05) is 24.6 Å². The van der Waals surface area contributed by atoms with Crippen molar-refractivity contribution < 1.29 is 18.8 Å². The van der Waals surface area contributed by atoms with Gasteiger partial charge in [0.25, 0.3) is 5.91 Å². The summed E-state index contributed by atoms with van der Waals surface area (Å²) in [6.45, 7) is 5.24. The molecule has 2 saturated heterocycles. The van der Waals surface area contributed by atoms with Crippen molar-refractivity contribution in [2.45, 2.75) is 113 Å². The first-order valence-electron chi connectivity index (χ1n) is 21.3. The van der Waals surface area contributed by atoms with E-state index in [1.54, 1.807) is 7.05 Å². The number of fused-ring (bicyclic) bond motifs is 3. The first-order valence-corrected chi connectivity index (χ1v) is 21.3. The minimum atomic E-state index is -1.12. The number of alkyl halides is 1. The molecule has 2 bridgehead atoms. The van der Waals surface area contributed by atoms with Crippen LogP contribution in [-0.4, -0.2) is 93.0 Å². The van der Waals surface area contributed by atoms with Crippen LogP contribution in [0.5, 0.6) is 0 Å². The summed E-state index contributed by atoms with van der Waals surface area (Å²) in [4.78, 5) is 58.1.